The molecule has 6 heteroatoms. The van der Waals surface area contributed by atoms with Crippen molar-refractivity contribution in [1.29, 1.82) is 0 Å². The average Bonchev–Trinajstić information content (AvgIpc) is 2.87. The van der Waals surface area contributed by atoms with Crippen molar-refractivity contribution in [2.45, 2.75) is 19.8 Å². The Morgan fingerprint density at radius 3 is 3.15 bits per heavy atom. The van der Waals surface area contributed by atoms with Gasteiger partial charge in [0.2, 0.25) is 0 Å². The van der Waals surface area contributed by atoms with Crippen molar-refractivity contribution in [2.75, 3.05) is 31.1 Å². The summed E-state index contributed by atoms with van der Waals surface area (Å²) in [6.07, 6.45) is 6.04. The molecule has 1 atom stereocenters. The van der Waals surface area contributed by atoms with Gasteiger partial charge in [0.25, 0.3) is 0 Å². The zero-order chi connectivity index (χ0) is 13.9. The summed E-state index contributed by atoms with van der Waals surface area (Å²) in [5.41, 5.74) is 0.906. The van der Waals surface area contributed by atoms with Crippen LogP contribution in [0, 0.1) is 5.92 Å². The number of hydrogen-bond donors (Lipinski definition) is 1. The topological polar surface area (TPSA) is 58.9 Å². The quantitative estimate of drug-likeness (QED) is 0.907. The summed E-state index contributed by atoms with van der Waals surface area (Å²) in [6.45, 7) is 6.42. The molecule has 1 fully saturated rings. The van der Waals surface area contributed by atoms with E-state index in [1.54, 1.807) is 11.0 Å². The van der Waals surface area contributed by atoms with Gasteiger partial charge in [0.05, 0.1) is 11.6 Å². The molecular formula is C14H22N6. The fraction of sp³-hybridized carbons (Fsp3) is 0.643. The second-order valence-electron chi connectivity index (χ2n) is 5.46. The first-order valence-electron chi connectivity index (χ1n) is 7.38. The molecule has 1 saturated heterocycles. The minimum absolute atomic E-state index is 0.699. The van der Waals surface area contributed by atoms with Gasteiger partial charge >= 0.3 is 0 Å². The monoisotopic (exact) mass is 274 g/mol. The van der Waals surface area contributed by atoms with Crippen LogP contribution in [0.3, 0.4) is 0 Å². The molecule has 0 radical (unpaired) electrons. The summed E-state index contributed by atoms with van der Waals surface area (Å²) < 4.78 is 1.81. The maximum atomic E-state index is 4.50. The number of anilines is 1. The van der Waals surface area contributed by atoms with Gasteiger partial charge in [0.15, 0.2) is 5.65 Å². The van der Waals surface area contributed by atoms with Crippen molar-refractivity contribution >= 4 is 16.9 Å². The van der Waals surface area contributed by atoms with Crippen LogP contribution in [0.2, 0.25) is 0 Å². The molecule has 3 heterocycles. The first-order valence-corrected chi connectivity index (χ1v) is 7.38. The van der Waals surface area contributed by atoms with Crippen LogP contribution in [0.1, 0.15) is 19.8 Å². The van der Waals surface area contributed by atoms with E-state index < -0.39 is 0 Å². The van der Waals surface area contributed by atoms with E-state index in [4.69, 9.17) is 0 Å². The molecule has 1 N–H and O–H groups in total. The van der Waals surface area contributed by atoms with Crippen LogP contribution in [-0.4, -0.2) is 45.9 Å². The first kappa shape index (κ1) is 13.3. The Labute approximate surface area is 119 Å². The lowest BCUT2D eigenvalue weighted by Crippen LogP contribution is -2.40. The highest BCUT2D eigenvalue weighted by Gasteiger charge is 2.22. The molecule has 0 spiro atoms. The van der Waals surface area contributed by atoms with Crippen LogP contribution in [0.5, 0.6) is 0 Å². The number of aromatic nitrogens is 4. The molecule has 3 rings (SSSR count). The van der Waals surface area contributed by atoms with E-state index in [1.807, 2.05) is 13.2 Å². The van der Waals surface area contributed by atoms with E-state index >= 15 is 0 Å². The van der Waals surface area contributed by atoms with Crippen LogP contribution < -0.4 is 10.2 Å². The van der Waals surface area contributed by atoms with Crippen LogP contribution in [-0.2, 0) is 7.05 Å². The minimum atomic E-state index is 0.699. The Hall–Kier alpha value is -1.69. The molecule has 0 saturated carbocycles. The Kier molecular flexibility index (Phi) is 3.82. The first-order chi connectivity index (χ1) is 9.79. The van der Waals surface area contributed by atoms with Crippen molar-refractivity contribution in [3.63, 3.8) is 0 Å². The number of hydrogen-bond acceptors (Lipinski definition) is 5. The molecule has 1 unspecified atom stereocenters. The summed E-state index contributed by atoms with van der Waals surface area (Å²) in [7, 11) is 1.92. The van der Waals surface area contributed by atoms with Crippen LogP contribution >= 0.6 is 0 Å². The number of fused-ring (bicyclic) bond motifs is 1. The van der Waals surface area contributed by atoms with Gasteiger partial charge in [-0.2, -0.15) is 5.10 Å². The lowest BCUT2D eigenvalue weighted by molar-refractivity contribution is 0.394. The van der Waals surface area contributed by atoms with Crippen LogP contribution in [0.25, 0.3) is 11.0 Å². The lowest BCUT2D eigenvalue weighted by atomic mass is 9.98. The molecule has 0 bridgehead atoms. The fourth-order valence-electron chi connectivity index (χ4n) is 2.97. The molecule has 108 valence electrons. The highest BCUT2D eigenvalue weighted by molar-refractivity contribution is 5.86. The molecule has 1 aliphatic rings. The number of rotatable bonds is 4. The smallest absolute Gasteiger partial charge is 0.163 e. The summed E-state index contributed by atoms with van der Waals surface area (Å²) in [4.78, 5) is 11.2. The second kappa shape index (κ2) is 5.75. The second-order valence-corrected chi connectivity index (χ2v) is 5.46. The zero-order valence-electron chi connectivity index (χ0n) is 12.2. The number of aryl methyl sites for hydroxylation is 1. The maximum Gasteiger partial charge on any atom is 0.163 e. The van der Waals surface area contributed by atoms with Gasteiger partial charge in [-0.25, -0.2) is 9.97 Å². The molecule has 20 heavy (non-hydrogen) atoms. The van der Waals surface area contributed by atoms with E-state index in [2.05, 4.69) is 32.2 Å². The van der Waals surface area contributed by atoms with Gasteiger partial charge in [-0.3, -0.25) is 4.68 Å². The highest BCUT2D eigenvalue weighted by Crippen LogP contribution is 2.26. The Morgan fingerprint density at radius 1 is 1.40 bits per heavy atom. The Morgan fingerprint density at radius 2 is 2.30 bits per heavy atom. The summed E-state index contributed by atoms with van der Waals surface area (Å²) in [6, 6.07) is 0. The SMILES string of the molecule is CCNCC1CCCN(c2ncnc3c2cnn3C)C1. The minimum Gasteiger partial charge on any atom is -0.356 e. The van der Waals surface area contributed by atoms with E-state index in [0.29, 0.717) is 5.92 Å². The molecule has 2 aromatic rings. The molecular weight excluding hydrogens is 252 g/mol. The van der Waals surface area contributed by atoms with Crippen LogP contribution in [0.15, 0.2) is 12.5 Å². The Balaban J connectivity index is 1.83. The third-order valence-electron chi connectivity index (χ3n) is 4.01. The lowest BCUT2D eigenvalue weighted by Gasteiger charge is -2.33. The van der Waals surface area contributed by atoms with Crippen LogP contribution in [0.4, 0.5) is 5.82 Å². The van der Waals surface area contributed by atoms with Gasteiger partial charge in [-0.05, 0) is 31.8 Å². The average molecular weight is 274 g/mol. The van der Waals surface area contributed by atoms with Crippen molar-refractivity contribution in [3.05, 3.63) is 12.5 Å². The third-order valence-corrected chi connectivity index (χ3v) is 4.01. The summed E-state index contributed by atoms with van der Waals surface area (Å²) in [5.74, 6) is 1.73. The normalized spacial score (nSPS) is 19.7. The molecule has 1 aliphatic heterocycles. The van der Waals surface area contributed by atoms with Crippen molar-refractivity contribution in [3.8, 4) is 0 Å². The number of nitrogens with one attached hydrogen (secondary N) is 1. The van der Waals surface area contributed by atoms with Gasteiger partial charge in [-0.1, -0.05) is 6.92 Å². The largest absolute Gasteiger partial charge is 0.356 e. The molecule has 6 nitrogen and oxygen atoms in total. The predicted molar refractivity (Wildman–Crippen MR) is 79.8 cm³/mol. The van der Waals surface area contributed by atoms with Gasteiger partial charge in [0, 0.05) is 20.1 Å². The predicted octanol–water partition coefficient (Wildman–Crippen LogP) is 1.19. The van der Waals surface area contributed by atoms with Crippen molar-refractivity contribution in [2.24, 2.45) is 13.0 Å². The number of piperidine rings is 1. The standard InChI is InChI=1S/C14H22N6/c1-3-15-7-11-5-4-6-20(9-11)14-12-8-18-19(2)13(12)16-10-17-14/h8,10-11,15H,3-7,9H2,1-2H3. The van der Waals surface area contributed by atoms with Gasteiger partial charge in [0.1, 0.15) is 12.1 Å². The van der Waals surface area contributed by atoms with E-state index in [-0.39, 0.29) is 0 Å². The van der Waals surface area contributed by atoms with Crippen molar-refractivity contribution in [1.82, 2.24) is 25.1 Å². The third kappa shape index (κ3) is 2.47. The highest BCUT2D eigenvalue weighted by atomic mass is 15.3. The van der Waals surface area contributed by atoms with E-state index in [0.717, 1.165) is 43.0 Å². The van der Waals surface area contributed by atoms with Gasteiger partial charge < -0.3 is 10.2 Å². The summed E-state index contributed by atoms with van der Waals surface area (Å²) in [5, 5.41) is 8.81. The van der Waals surface area contributed by atoms with Gasteiger partial charge in [-0.15, -0.1) is 0 Å². The summed E-state index contributed by atoms with van der Waals surface area (Å²) >= 11 is 0. The zero-order valence-corrected chi connectivity index (χ0v) is 12.2. The van der Waals surface area contributed by atoms with E-state index in [9.17, 15) is 0 Å². The molecule has 0 amide bonds. The number of nitrogens with zero attached hydrogens (tertiary/aromatic N) is 5. The molecule has 0 aliphatic carbocycles. The van der Waals surface area contributed by atoms with Crippen molar-refractivity contribution < 1.29 is 0 Å². The molecule has 2 aromatic heterocycles. The maximum absolute atomic E-state index is 4.50. The fourth-order valence-corrected chi connectivity index (χ4v) is 2.97. The van der Waals surface area contributed by atoms with E-state index in [1.165, 1.54) is 12.8 Å². The Bertz CT molecular complexity index is 578. The molecule has 0 aromatic carbocycles.